The standard InChI is InChI=1S/C19H25N5O2S/c1-23-10-12-24(13-11-23)9-2-7-20-17(25)18(26)22-16-5-3-15(4-6-16)19-21-8-14-27-19/h3-6,8,14H,2,7,9-13H2,1H3,(H,20,25)(H,22,26). The molecule has 0 unspecified atom stereocenters. The van der Waals surface area contributed by atoms with Gasteiger partial charge in [0, 0.05) is 55.6 Å². The molecule has 7 nitrogen and oxygen atoms in total. The molecule has 2 aromatic rings. The number of carbonyl (C=O) groups is 2. The largest absolute Gasteiger partial charge is 0.348 e. The number of amides is 2. The lowest BCUT2D eigenvalue weighted by atomic mass is 10.2. The van der Waals surface area contributed by atoms with E-state index in [0.29, 0.717) is 12.2 Å². The lowest BCUT2D eigenvalue weighted by Crippen LogP contribution is -2.45. The van der Waals surface area contributed by atoms with Crippen LogP contribution in [0.3, 0.4) is 0 Å². The zero-order valence-electron chi connectivity index (χ0n) is 15.5. The smallest absolute Gasteiger partial charge is 0.313 e. The van der Waals surface area contributed by atoms with E-state index in [1.807, 2.05) is 17.5 Å². The second-order valence-corrected chi connectivity index (χ2v) is 7.52. The maximum absolute atomic E-state index is 12.0. The highest BCUT2D eigenvalue weighted by Gasteiger charge is 2.15. The number of rotatable bonds is 6. The zero-order chi connectivity index (χ0) is 19.1. The van der Waals surface area contributed by atoms with Crippen LogP contribution in [0.15, 0.2) is 35.8 Å². The molecule has 8 heteroatoms. The van der Waals surface area contributed by atoms with E-state index in [1.165, 1.54) is 0 Å². The summed E-state index contributed by atoms with van der Waals surface area (Å²) in [6, 6.07) is 7.30. The van der Waals surface area contributed by atoms with Crippen LogP contribution in [-0.2, 0) is 9.59 Å². The Kier molecular flexibility index (Phi) is 6.92. The fourth-order valence-corrected chi connectivity index (χ4v) is 3.55. The predicted octanol–water partition coefficient (Wildman–Crippen LogP) is 1.50. The minimum absolute atomic E-state index is 0.502. The second kappa shape index (κ2) is 9.59. The number of hydrogen-bond acceptors (Lipinski definition) is 6. The first kappa shape index (κ1) is 19.5. The van der Waals surface area contributed by atoms with Crippen LogP contribution in [0.2, 0.25) is 0 Å². The Balaban J connectivity index is 1.37. The minimum atomic E-state index is -0.642. The lowest BCUT2D eigenvalue weighted by Gasteiger charge is -2.32. The van der Waals surface area contributed by atoms with Gasteiger partial charge in [-0.25, -0.2) is 4.98 Å². The van der Waals surface area contributed by atoms with E-state index < -0.39 is 11.8 Å². The summed E-state index contributed by atoms with van der Waals surface area (Å²) in [4.78, 5) is 32.9. The van der Waals surface area contributed by atoms with Gasteiger partial charge in [0.2, 0.25) is 0 Å². The lowest BCUT2D eigenvalue weighted by molar-refractivity contribution is -0.136. The predicted molar refractivity (Wildman–Crippen MR) is 108 cm³/mol. The summed E-state index contributed by atoms with van der Waals surface area (Å²) in [6.07, 6.45) is 2.59. The molecule has 0 aliphatic carbocycles. The number of hydrogen-bond donors (Lipinski definition) is 2. The molecule has 1 saturated heterocycles. The normalized spacial score (nSPS) is 15.4. The Hall–Kier alpha value is -2.29. The second-order valence-electron chi connectivity index (χ2n) is 6.62. The number of anilines is 1. The van der Waals surface area contributed by atoms with Gasteiger partial charge in [0.15, 0.2) is 0 Å². The molecule has 1 aliphatic rings. The Morgan fingerprint density at radius 1 is 1.11 bits per heavy atom. The topological polar surface area (TPSA) is 77.6 Å². The van der Waals surface area contributed by atoms with E-state index >= 15 is 0 Å². The third-order valence-electron chi connectivity index (χ3n) is 4.56. The van der Waals surface area contributed by atoms with Gasteiger partial charge in [0.25, 0.3) is 0 Å². The third-order valence-corrected chi connectivity index (χ3v) is 5.38. The highest BCUT2D eigenvalue weighted by atomic mass is 32.1. The van der Waals surface area contributed by atoms with Gasteiger partial charge in [-0.2, -0.15) is 0 Å². The van der Waals surface area contributed by atoms with Crippen LogP contribution in [0.4, 0.5) is 5.69 Å². The highest BCUT2D eigenvalue weighted by molar-refractivity contribution is 7.13. The summed E-state index contributed by atoms with van der Waals surface area (Å²) in [5, 5.41) is 8.15. The van der Waals surface area contributed by atoms with Crippen molar-refractivity contribution in [2.75, 3.05) is 51.6 Å². The van der Waals surface area contributed by atoms with Crippen molar-refractivity contribution in [3.8, 4) is 10.6 Å². The Morgan fingerprint density at radius 2 is 1.85 bits per heavy atom. The molecule has 0 atom stereocenters. The van der Waals surface area contributed by atoms with Crippen molar-refractivity contribution in [3.63, 3.8) is 0 Å². The Morgan fingerprint density at radius 3 is 2.52 bits per heavy atom. The molecule has 0 radical (unpaired) electrons. The van der Waals surface area contributed by atoms with Gasteiger partial charge in [0.1, 0.15) is 5.01 Å². The minimum Gasteiger partial charge on any atom is -0.348 e. The number of nitrogens with zero attached hydrogens (tertiary/aromatic N) is 3. The van der Waals surface area contributed by atoms with Crippen LogP contribution in [-0.4, -0.2) is 72.9 Å². The fourth-order valence-electron chi connectivity index (χ4n) is 2.91. The molecule has 1 aliphatic heterocycles. The van der Waals surface area contributed by atoms with Crippen molar-refractivity contribution < 1.29 is 9.59 Å². The molecule has 144 valence electrons. The molecule has 1 aromatic heterocycles. The van der Waals surface area contributed by atoms with Gasteiger partial charge in [-0.05, 0) is 44.3 Å². The van der Waals surface area contributed by atoms with Gasteiger partial charge in [-0.1, -0.05) is 0 Å². The Labute approximate surface area is 163 Å². The van der Waals surface area contributed by atoms with Crippen LogP contribution in [0.1, 0.15) is 6.42 Å². The summed E-state index contributed by atoms with van der Waals surface area (Å²) < 4.78 is 0. The SMILES string of the molecule is CN1CCN(CCCNC(=O)C(=O)Nc2ccc(-c3nccs3)cc2)CC1. The third kappa shape index (κ3) is 5.85. The molecule has 3 rings (SSSR count). The average Bonchev–Trinajstić information content (AvgIpc) is 3.22. The maximum atomic E-state index is 12.0. The van der Waals surface area contributed by atoms with E-state index in [2.05, 4.69) is 32.5 Å². The summed E-state index contributed by atoms with van der Waals surface area (Å²) in [6.45, 7) is 5.71. The van der Waals surface area contributed by atoms with Crippen molar-refractivity contribution >= 4 is 28.8 Å². The average molecular weight is 388 g/mol. The fraction of sp³-hybridized carbons (Fsp3) is 0.421. The monoisotopic (exact) mass is 387 g/mol. The van der Waals surface area contributed by atoms with Gasteiger partial charge < -0.3 is 20.4 Å². The van der Waals surface area contributed by atoms with Crippen molar-refractivity contribution in [3.05, 3.63) is 35.8 Å². The summed E-state index contributed by atoms with van der Waals surface area (Å²) in [7, 11) is 2.13. The number of carbonyl (C=O) groups excluding carboxylic acids is 2. The first-order valence-electron chi connectivity index (χ1n) is 9.12. The molecule has 0 spiro atoms. The van der Waals surface area contributed by atoms with Crippen LogP contribution < -0.4 is 10.6 Å². The molecular formula is C19H25N5O2S. The molecule has 2 amide bonds. The van der Waals surface area contributed by atoms with Crippen molar-refractivity contribution in [1.29, 1.82) is 0 Å². The van der Waals surface area contributed by atoms with Crippen LogP contribution >= 0.6 is 11.3 Å². The van der Waals surface area contributed by atoms with E-state index in [1.54, 1.807) is 29.7 Å². The number of benzene rings is 1. The number of piperazine rings is 1. The van der Waals surface area contributed by atoms with Gasteiger partial charge in [-0.3, -0.25) is 9.59 Å². The number of thiazole rings is 1. The Bertz CT molecular complexity index is 740. The summed E-state index contributed by atoms with van der Waals surface area (Å²) in [5.74, 6) is -1.24. The van der Waals surface area contributed by atoms with E-state index in [9.17, 15) is 9.59 Å². The van der Waals surface area contributed by atoms with Crippen LogP contribution in [0.25, 0.3) is 10.6 Å². The summed E-state index contributed by atoms with van der Waals surface area (Å²) in [5.41, 5.74) is 1.57. The van der Waals surface area contributed by atoms with Gasteiger partial charge >= 0.3 is 11.8 Å². The maximum Gasteiger partial charge on any atom is 0.313 e. The number of aromatic nitrogens is 1. The first-order valence-corrected chi connectivity index (χ1v) is 10.00. The van der Waals surface area contributed by atoms with E-state index in [4.69, 9.17) is 0 Å². The van der Waals surface area contributed by atoms with Crippen molar-refractivity contribution in [2.24, 2.45) is 0 Å². The molecule has 2 N–H and O–H groups in total. The van der Waals surface area contributed by atoms with E-state index in [-0.39, 0.29) is 0 Å². The molecule has 0 bridgehead atoms. The molecule has 2 heterocycles. The highest BCUT2D eigenvalue weighted by Crippen LogP contribution is 2.23. The van der Waals surface area contributed by atoms with Crippen LogP contribution in [0, 0.1) is 0 Å². The molecule has 1 aromatic carbocycles. The van der Waals surface area contributed by atoms with Crippen molar-refractivity contribution in [2.45, 2.75) is 6.42 Å². The zero-order valence-corrected chi connectivity index (χ0v) is 16.3. The van der Waals surface area contributed by atoms with Gasteiger partial charge in [0.05, 0.1) is 0 Å². The van der Waals surface area contributed by atoms with Crippen molar-refractivity contribution in [1.82, 2.24) is 20.1 Å². The molecular weight excluding hydrogens is 362 g/mol. The van der Waals surface area contributed by atoms with Gasteiger partial charge in [-0.15, -0.1) is 11.3 Å². The first-order chi connectivity index (χ1) is 13.1. The van der Waals surface area contributed by atoms with E-state index in [0.717, 1.165) is 49.7 Å². The molecule has 0 saturated carbocycles. The molecule has 27 heavy (non-hydrogen) atoms. The number of nitrogens with one attached hydrogen (secondary N) is 2. The quantitative estimate of drug-likeness (QED) is 0.580. The molecule has 1 fully saturated rings. The number of likely N-dealkylation sites (N-methyl/N-ethyl adjacent to an activating group) is 1. The van der Waals surface area contributed by atoms with Crippen LogP contribution in [0.5, 0.6) is 0 Å². The summed E-state index contributed by atoms with van der Waals surface area (Å²) >= 11 is 1.55.